The van der Waals surface area contributed by atoms with E-state index in [9.17, 15) is 0 Å². The summed E-state index contributed by atoms with van der Waals surface area (Å²) in [6, 6.07) is 0. The Labute approximate surface area is 77.1 Å². The molecule has 0 bridgehead atoms. The first-order valence-electron chi connectivity index (χ1n) is 4.52. The SMILES string of the molecule is C=C(C)CC#CCCC(C)(C)C. The molecule has 12 heavy (non-hydrogen) atoms. The number of hydrogen-bond acceptors (Lipinski definition) is 0. The highest BCUT2D eigenvalue weighted by molar-refractivity contribution is 5.08. The first kappa shape index (κ1) is 11.3. The maximum absolute atomic E-state index is 3.80. The quantitative estimate of drug-likeness (QED) is 0.430. The molecule has 0 N–H and O–H groups in total. The van der Waals surface area contributed by atoms with E-state index in [2.05, 4.69) is 39.2 Å². The van der Waals surface area contributed by atoms with Gasteiger partial charge in [0.05, 0.1) is 0 Å². The van der Waals surface area contributed by atoms with Gasteiger partial charge in [-0.05, 0) is 18.8 Å². The van der Waals surface area contributed by atoms with E-state index in [0.717, 1.165) is 18.4 Å². The van der Waals surface area contributed by atoms with Gasteiger partial charge in [-0.25, -0.2) is 0 Å². The van der Waals surface area contributed by atoms with Gasteiger partial charge in [0.2, 0.25) is 0 Å². The molecule has 0 unspecified atom stereocenters. The molecule has 0 fully saturated rings. The molecule has 0 aromatic carbocycles. The van der Waals surface area contributed by atoms with Crippen molar-refractivity contribution in [2.45, 2.75) is 47.0 Å². The Kier molecular flexibility index (Phi) is 4.74. The fourth-order valence-electron chi connectivity index (χ4n) is 0.739. The zero-order chi connectivity index (χ0) is 9.61. The van der Waals surface area contributed by atoms with E-state index in [1.165, 1.54) is 6.42 Å². The average Bonchev–Trinajstić information content (AvgIpc) is 1.83. The van der Waals surface area contributed by atoms with E-state index in [1.807, 2.05) is 6.92 Å². The predicted molar refractivity (Wildman–Crippen MR) is 55.9 cm³/mol. The second-order valence-corrected chi connectivity index (χ2v) is 4.55. The molecular formula is C12H20. The molecule has 0 spiro atoms. The highest BCUT2D eigenvalue weighted by Crippen LogP contribution is 2.19. The van der Waals surface area contributed by atoms with Crippen molar-refractivity contribution in [2.75, 3.05) is 0 Å². The van der Waals surface area contributed by atoms with Crippen molar-refractivity contribution in [3.8, 4) is 11.8 Å². The Morgan fingerprint density at radius 3 is 2.25 bits per heavy atom. The molecule has 0 rings (SSSR count). The maximum Gasteiger partial charge on any atom is 0.0293 e. The van der Waals surface area contributed by atoms with Crippen molar-refractivity contribution < 1.29 is 0 Å². The Morgan fingerprint density at radius 1 is 1.25 bits per heavy atom. The van der Waals surface area contributed by atoms with E-state index in [-0.39, 0.29) is 0 Å². The molecule has 0 saturated heterocycles. The molecule has 0 aliphatic rings. The third kappa shape index (κ3) is 9.30. The summed E-state index contributed by atoms with van der Waals surface area (Å²) >= 11 is 0. The summed E-state index contributed by atoms with van der Waals surface area (Å²) in [6.45, 7) is 12.5. The fourth-order valence-corrected chi connectivity index (χ4v) is 0.739. The molecule has 0 aliphatic carbocycles. The zero-order valence-electron chi connectivity index (χ0n) is 8.83. The minimum atomic E-state index is 0.415. The highest BCUT2D eigenvalue weighted by atomic mass is 14.1. The van der Waals surface area contributed by atoms with Crippen LogP contribution in [0.3, 0.4) is 0 Å². The lowest BCUT2D eigenvalue weighted by atomic mass is 9.91. The van der Waals surface area contributed by atoms with Gasteiger partial charge in [0.15, 0.2) is 0 Å². The van der Waals surface area contributed by atoms with Crippen LogP contribution in [0.4, 0.5) is 0 Å². The first-order chi connectivity index (χ1) is 5.42. The van der Waals surface area contributed by atoms with Crippen LogP contribution in [0.15, 0.2) is 12.2 Å². The maximum atomic E-state index is 3.80. The minimum Gasteiger partial charge on any atom is -0.103 e. The Bertz CT molecular complexity index is 192. The highest BCUT2D eigenvalue weighted by Gasteiger charge is 2.07. The van der Waals surface area contributed by atoms with Crippen LogP contribution in [0.5, 0.6) is 0 Å². The zero-order valence-corrected chi connectivity index (χ0v) is 8.83. The lowest BCUT2D eigenvalue weighted by molar-refractivity contribution is 0.384. The number of allylic oxidation sites excluding steroid dienone is 1. The average molecular weight is 164 g/mol. The van der Waals surface area contributed by atoms with E-state index in [4.69, 9.17) is 0 Å². The third-order valence-electron chi connectivity index (χ3n) is 1.52. The molecule has 0 aliphatic heterocycles. The second kappa shape index (κ2) is 5.04. The first-order valence-corrected chi connectivity index (χ1v) is 4.52. The van der Waals surface area contributed by atoms with Crippen molar-refractivity contribution in [1.29, 1.82) is 0 Å². The monoisotopic (exact) mass is 164 g/mol. The summed E-state index contributed by atoms with van der Waals surface area (Å²) in [7, 11) is 0. The molecular weight excluding hydrogens is 144 g/mol. The van der Waals surface area contributed by atoms with Gasteiger partial charge < -0.3 is 0 Å². The van der Waals surface area contributed by atoms with Crippen LogP contribution in [0, 0.1) is 17.3 Å². The largest absolute Gasteiger partial charge is 0.103 e. The van der Waals surface area contributed by atoms with E-state index >= 15 is 0 Å². The van der Waals surface area contributed by atoms with E-state index < -0.39 is 0 Å². The molecule has 0 radical (unpaired) electrons. The van der Waals surface area contributed by atoms with Gasteiger partial charge in [-0.3, -0.25) is 0 Å². The summed E-state index contributed by atoms with van der Waals surface area (Å²) in [5, 5.41) is 0. The van der Waals surface area contributed by atoms with E-state index in [0.29, 0.717) is 5.41 Å². The molecule has 68 valence electrons. The topological polar surface area (TPSA) is 0 Å². The summed E-state index contributed by atoms with van der Waals surface area (Å²) in [5.41, 5.74) is 1.57. The van der Waals surface area contributed by atoms with E-state index in [1.54, 1.807) is 0 Å². The van der Waals surface area contributed by atoms with Crippen molar-refractivity contribution in [3.05, 3.63) is 12.2 Å². The molecule has 0 amide bonds. The molecule has 0 heteroatoms. The van der Waals surface area contributed by atoms with Gasteiger partial charge >= 0.3 is 0 Å². The van der Waals surface area contributed by atoms with Crippen molar-refractivity contribution in [1.82, 2.24) is 0 Å². The summed E-state index contributed by atoms with van der Waals surface area (Å²) < 4.78 is 0. The Balaban J connectivity index is 3.53. The van der Waals surface area contributed by atoms with Crippen molar-refractivity contribution in [2.24, 2.45) is 5.41 Å². The van der Waals surface area contributed by atoms with Crippen LogP contribution in [0.2, 0.25) is 0 Å². The van der Waals surface area contributed by atoms with Crippen LogP contribution in [-0.4, -0.2) is 0 Å². The normalized spacial score (nSPS) is 10.3. The summed E-state index contributed by atoms with van der Waals surface area (Å²) in [6.07, 6.45) is 3.04. The van der Waals surface area contributed by atoms with Gasteiger partial charge in [-0.15, -0.1) is 5.92 Å². The summed E-state index contributed by atoms with van der Waals surface area (Å²) in [5.74, 6) is 6.27. The van der Waals surface area contributed by atoms with Gasteiger partial charge in [-0.1, -0.05) is 38.8 Å². The fraction of sp³-hybridized carbons (Fsp3) is 0.667. The molecule has 0 nitrogen and oxygen atoms in total. The van der Waals surface area contributed by atoms with Crippen molar-refractivity contribution >= 4 is 0 Å². The lowest BCUT2D eigenvalue weighted by Gasteiger charge is -2.15. The smallest absolute Gasteiger partial charge is 0.0293 e. The summed E-state index contributed by atoms with van der Waals surface area (Å²) in [4.78, 5) is 0. The van der Waals surface area contributed by atoms with Crippen molar-refractivity contribution in [3.63, 3.8) is 0 Å². The van der Waals surface area contributed by atoms with Crippen LogP contribution in [0.25, 0.3) is 0 Å². The molecule has 0 atom stereocenters. The number of rotatable bonds is 2. The lowest BCUT2D eigenvalue weighted by Crippen LogP contribution is -2.03. The van der Waals surface area contributed by atoms with Gasteiger partial charge in [0.25, 0.3) is 0 Å². The predicted octanol–water partition coefficient (Wildman–Crippen LogP) is 3.78. The van der Waals surface area contributed by atoms with Gasteiger partial charge in [0.1, 0.15) is 0 Å². The van der Waals surface area contributed by atoms with Crippen LogP contribution in [-0.2, 0) is 0 Å². The standard InChI is InChI=1S/C12H20/c1-11(2)9-7-6-8-10-12(3,4)5/h1,8-10H2,2-5H3. The van der Waals surface area contributed by atoms with Gasteiger partial charge in [-0.2, -0.15) is 0 Å². The van der Waals surface area contributed by atoms with Crippen LogP contribution in [0.1, 0.15) is 47.0 Å². The minimum absolute atomic E-state index is 0.415. The third-order valence-corrected chi connectivity index (χ3v) is 1.52. The molecule has 0 aromatic heterocycles. The van der Waals surface area contributed by atoms with Crippen LogP contribution < -0.4 is 0 Å². The Hall–Kier alpha value is -0.700. The molecule has 0 aromatic rings. The second-order valence-electron chi connectivity index (χ2n) is 4.55. The molecule has 0 heterocycles. The van der Waals surface area contributed by atoms with Crippen LogP contribution >= 0.6 is 0 Å². The number of hydrogen-bond donors (Lipinski definition) is 0. The Morgan fingerprint density at radius 2 is 1.83 bits per heavy atom. The van der Waals surface area contributed by atoms with Gasteiger partial charge in [0, 0.05) is 12.8 Å². The molecule has 0 saturated carbocycles.